The number of Topliss-reactive ketones (excluding diaryl/α,β-unsaturated/α-hetero) is 1. The van der Waals surface area contributed by atoms with Gasteiger partial charge in [0.1, 0.15) is 0 Å². The van der Waals surface area contributed by atoms with E-state index >= 15 is 0 Å². The van der Waals surface area contributed by atoms with Gasteiger partial charge in [-0.3, -0.25) is 36.7 Å². The number of carbonyl (C=O) groups is 1. The van der Waals surface area contributed by atoms with E-state index in [9.17, 15) is 25.0 Å². The Balaban J connectivity index is 0. The van der Waals surface area contributed by atoms with Crippen molar-refractivity contribution < 1.29 is 20.1 Å². The van der Waals surface area contributed by atoms with Crippen LogP contribution in [0, 0.1) is 32.1 Å². The average molecular weight is 450 g/mol. The highest BCUT2D eigenvalue weighted by Gasteiger charge is 2.14. The number of hydrogen-bond acceptors (Lipinski definition) is 9. The van der Waals surface area contributed by atoms with Gasteiger partial charge in [0.05, 0.1) is 15.6 Å². The van der Waals surface area contributed by atoms with E-state index in [1.54, 1.807) is 32.0 Å². The zero-order valence-corrected chi connectivity index (χ0v) is 18.4. The van der Waals surface area contributed by atoms with Crippen molar-refractivity contribution in [1.82, 2.24) is 0 Å². The van der Waals surface area contributed by atoms with Gasteiger partial charge in [-0.05, 0) is 5.92 Å². The maximum Gasteiger partial charge on any atom is 0.270 e. The van der Waals surface area contributed by atoms with Crippen LogP contribution in [0.15, 0.2) is 53.6 Å². The third-order valence-corrected chi connectivity index (χ3v) is 3.90. The summed E-state index contributed by atoms with van der Waals surface area (Å²) >= 11 is 0. The number of hydrazone groups is 1. The molecular weight excluding hydrogens is 420 g/mol. The molecule has 0 saturated heterocycles. The molecule has 12 nitrogen and oxygen atoms in total. The molecule has 0 spiro atoms. The molecule has 0 heterocycles. The first kappa shape index (κ1) is 30.5. The molecule has 8 N–H and O–H groups in total. The number of ketones is 1. The molecule has 0 fully saturated rings. The lowest BCUT2D eigenvalue weighted by Gasteiger charge is -2.08. The minimum atomic E-state index is -0.503. The standard InChI is InChI=1S/C10H13N3O2.C10H11NO3.H4N2.H2O/c1-7(2)10(12-11)8-4-3-5-9(6-8)13(14)15;1-7(2)10(12)8-4-3-5-9(6-8)11(13)14;1-2;/h3-7H,11H2,1-2H3;3-7H,1-2H3;1-2H2;1H2. The number of nitro benzene ring substituents is 2. The van der Waals surface area contributed by atoms with Crippen molar-refractivity contribution >= 4 is 22.9 Å². The van der Waals surface area contributed by atoms with Gasteiger partial charge >= 0.3 is 0 Å². The summed E-state index contributed by atoms with van der Waals surface area (Å²) in [5.41, 5.74) is 1.76. The fraction of sp³-hybridized carbons (Fsp3) is 0.300. The summed E-state index contributed by atoms with van der Waals surface area (Å²) in [5, 5.41) is 24.7. The van der Waals surface area contributed by atoms with Crippen LogP contribution in [0.2, 0.25) is 0 Å². The first-order valence-corrected chi connectivity index (χ1v) is 9.23. The van der Waals surface area contributed by atoms with Crippen molar-refractivity contribution in [3.05, 3.63) is 79.9 Å². The van der Waals surface area contributed by atoms with Gasteiger partial charge in [-0.25, -0.2) is 0 Å². The Bertz CT molecular complexity index is 930. The second-order valence-corrected chi connectivity index (χ2v) is 6.80. The number of hydrazine groups is 1. The molecule has 0 saturated carbocycles. The van der Waals surface area contributed by atoms with Crippen molar-refractivity contribution in [2.45, 2.75) is 27.7 Å². The number of benzene rings is 2. The van der Waals surface area contributed by atoms with Crippen LogP contribution in [-0.2, 0) is 0 Å². The maximum atomic E-state index is 11.5. The van der Waals surface area contributed by atoms with Crippen LogP contribution >= 0.6 is 0 Å². The predicted molar refractivity (Wildman–Crippen MR) is 123 cm³/mol. The van der Waals surface area contributed by atoms with E-state index in [2.05, 4.69) is 16.8 Å². The van der Waals surface area contributed by atoms with Gasteiger partial charge < -0.3 is 11.3 Å². The molecule has 2 aromatic rings. The molecule has 0 aliphatic carbocycles. The summed E-state index contributed by atoms with van der Waals surface area (Å²) in [6.45, 7) is 7.40. The van der Waals surface area contributed by atoms with Crippen LogP contribution in [-0.4, -0.2) is 26.8 Å². The minimum Gasteiger partial charge on any atom is -0.412 e. The lowest BCUT2D eigenvalue weighted by atomic mass is 10.00. The number of rotatable bonds is 6. The number of nitrogens with zero attached hydrogens (tertiary/aromatic N) is 3. The van der Waals surface area contributed by atoms with Crippen LogP contribution in [0.1, 0.15) is 43.6 Å². The third kappa shape index (κ3) is 9.38. The summed E-state index contributed by atoms with van der Waals surface area (Å²) < 4.78 is 0. The van der Waals surface area contributed by atoms with Gasteiger partial charge in [0.25, 0.3) is 11.4 Å². The molecule has 0 bridgehead atoms. The van der Waals surface area contributed by atoms with Crippen molar-refractivity contribution in [1.29, 1.82) is 0 Å². The van der Waals surface area contributed by atoms with E-state index in [1.807, 2.05) is 13.8 Å². The van der Waals surface area contributed by atoms with Crippen molar-refractivity contribution in [2.24, 2.45) is 34.5 Å². The lowest BCUT2D eigenvalue weighted by Crippen LogP contribution is -2.12. The summed E-state index contributed by atoms with van der Waals surface area (Å²) in [7, 11) is 0. The van der Waals surface area contributed by atoms with Crippen LogP contribution in [0.3, 0.4) is 0 Å². The van der Waals surface area contributed by atoms with E-state index in [4.69, 9.17) is 5.84 Å². The predicted octanol–water partition coefficient (Wildman–Crippen LogP) is 2.34. The highest BCUT2D eigenvalue weighted by Crippen LogP contribution is 2.17. The van der Waals surface area contributed by atoms with E-state index in [1.165, 1.54) is 30.3 Å². The van der Waals surface area contributed by atoms with E-state index < -0.39 is 9.85 Å². The average Bonchev–Trinajstić information content (AvgIpc) is 2.75. The fourth-order valence-corrected chi connectivity index (χ4v) is 2.44. The second kappa shape index (κ2) is 15.1. The van der Waals surface area contributed by atoms with Gasteiger partial charge in [-0.15, -0.1) is 0 Å². The molecule has 32 heavy (non-hydrogen) atoms. The molecule has 0 aromatic heterocycles. The van der Waals surface area contributed by atoms with Crippen molar-refractivity contribution in [3.63, 3.8) is 0 Å². The Morgan fingerprint density at radius 2 is 1.25 bits per heavy atom. The minimum absolute atomic E-state index is 0. The van der Waals surface area contributed by atoms with Crippen molar-refractivity contribution in [2.75, 3.05) is 0 Å². The number of hydrogen-bond donors (Lipinski definition) is 3. The SMILES string of the molecule is CC(C)C(=NN)c1cccc([N+](=O)[O-])c1.CC(C)C(=O)c1cccc([N+](=O)[O-])c1.NN.O. The molecule has 2 aromatic carbocycles. The molecule has 176 valence electrons. The summed E-state index contributed by atoms with van der Waals surface area (Å²) in [4.78, 5) is 31.6. The largest absolute Gasteiger partial charge is 0.412 e. The Morgan fingerprint density at radius 1 is 0.844 bits per heavy atom. The van der Waals surface area contributed by atoms with Crippen LogP contribution in [0.25, 0.3) is 0 Å². The zero-order chi connectivity index (χ0) is 24.1. The monoisotopic (exact) mass is 450 g/mol. The first-order valence-electron chi connectivity index (χ1n) is 9.23. The quantitative estimate of drug-likeness (QED) is 0.194. The highest BCUT2D eigenvalue weighted by molar-refractivity contribution is 6.02. The van der Waals surface area contributed by atoms with Gasteiger partial charge in [0, 0.05) is 41.3 Å². The van der Waals surface area contributed by atoms with Gasteiger partial charge in [-0.2, -0.15) is 5.10 Å². The summed E-state index contributed by atoms with van der Waals surface area (Å²) in [6, 6.07) is 12.1. The number of carbonyl (C=O) groups excluding carboxylic acids is 1. The number of non-ortho nitro benzene ring substituents is 2. The molecule has 0 aliphatic heterocycles. The molecule has 0 atom stereocenters. The summed E-state index contributed by atoms with van der Waals surface area (Å²) in [6.07, 6.45) is 0. The van der Waals surface area contributed by atoms with Gasteiger partial charge in [0.2, 0.25) is 0 Å². The zero-order valence-electron chi connectivity index (χ0n) is 18.4. The van der Waals surface area contributed by atoms with Crippen LogP contribution < -0.4 is 17.5 Å². The molecule has 12 heteroatoms. The topological polar surface area (TPSA) is 225 Å². The fourth-order valence-electron chi connectivity index (χ4n) is 2.44. The van der Waals surface area contributed by atoms with Gasteiger partial charge in [0.15, 0.2) is 5.78 Å². The van der Waals surface area contributed by atoms with Gasteiger partial charge in [-0.1, -0.05) is 52.0 Å². The Labute approximate surface area is 185 Å². The Hall–Kier alpha value is -3.74. The molecular formula is C20H30N6O6. The van der Waals surface area contributed by atoms with Crippen LogP contribution in [0.4, 0.5) is 11.4 Å². The Morgan fingerprint density at radius 3 is 1.59 bits per heavy atom. The number of nitro groups is 2. The second-order valence-electron chi connectivity index (χ2n) is 6.80. The van der Waals surface area contributed by atoms with Crippen LogP contribution in [0.5, 0.6) is 0 Å². The molecule has 0 unspecified atom stereocenters. The normalized spacial score (nSPS) is 10.2. The van der Waals surface area contributed by atoms with E-state index in [0.29, 0.717) is 16.8 Å². The first-order chi connectivity index (χ1) is 14.6. The number of nitrogens with two attached hydrogens (primary N) is 3. The molecule has 0 amide bonds. The van der Waals surface area contributed by atoms with E-state index in [-0.39, 0.29) is 34.5 Å². The maximum absolute atomic E-state index is 11.5. The lowest BCUT2D eigenvalue weighted by molar-refractivity contribution is -0.385. The Kier molecular flexibility index (Phi) is 14.4. The molecule has 0 aliphatic rings. The smallest absolute Gasteiger partial charge is 0.270 e. The molecule has 0 radical (unpaired) electrons. The third-order valence-electron chi connectivity index (χ3n) is 3.90. The van der Waals surface area contributed by atoms with E-state index in [0.717, 1.165) is 0 Å². The van der Waals surface area contributed by atoms with Crippen molar-refractivity contribution in [3.8, 4) is 0 Å². The summed E-state index contributed by atoms with van der Waals surface area (Å²) in [5.74, 6) is 13.2. The molecule has 2 rings (SSSR count). The highest BCUT2D eigenvalue weighted by atomic mass is 16.6.